The van der Waals surface area contributed by atoms with E-state index in [1.807, 2.05) is 6.92 Å². The molecular formula is C23H17FN4O4S. The normalized spacial score (nSPS) is 15.2. The van der Waals surface area contributed by atoms with Crippen LogP contribution in [0.2, 0.25) is 0 Å². The van der Waals surface area contributed by atoms with E-state index < -0.39 is 22.6 Å². The number of carbonyl (C=O) groups is 2. The smallest absolute Gasteiger partial charge is 0.271 e. The molecule has 0 radical (unpaired) electrons. The summed E-state index contributed by atoms with van der Waals surface area (Å²) in [5.74, 6) is -1.76. The number of carbonyl (C=O) groups excluding carboxylic acids is 2. The van der Waals surface area contributed by atoms with Crippen LogP contribution in [0.15, 0.2) is 60.2 Å². The van der Waals surface area contributed by atoms with Crippen molar-refractivity contribution < 1.29 is 18.9 Å². The molecule has 0 bridgehead atoms. The van der Waals surface area contributed by atoms with Crippen LogP contribution >= 0.6 is 12.2 Å². The predicted octanol–water partition coefficient (Wildman–Crippen LogP) is 3.97. The molecule has 33 heavy (non-hydrogen) atoms. The summed E-state index contributed by atoms with van der Waals surface area (Å²) < 4.78 is 15.1. The number of aryl methyl sites for hydroxylation is 1. The molecular weight excluding hydrogens is 447 g/mol. The van der Waals surface area contributed by atoms with Crippen LogP contribution in [0, 0.1) is 29.8 Å². The van der Waals surface area contributed by atoms with Crippen molar-refractivity contribution in [2.45, 2.75) is 13.8 Å². The molecule has 0 aliphatic carbocycles. The monoisotopic (exact) mass is 464 g/mol. The molecule has 1 aliphatic rings. The van der Waals surface area contributed by atoms with Crippen LogP contribution in [0.4, 0.5) is 15.8 Å². The SMILES string of the molecule is Cc1cc(/C=C2/C(=O)NC(=S)N(c3ccc(F)cc3)C2=O)c(C)n1-c1cccc([N+](=O)[O-])c1. The van der Waals surface area contributed by atoms with Gasteiger partial charge in [0.15, 0.2) is 5.11 Å². The standard InChI is InChI=1S/C23H17FN4O4S/c1-13-10-15(14(2)26(13)18-4-3-5-19(12-18)28(31)32)11-20-21(29)25-23(33)27(22(20)30)17-8-6-16(24)7-9-17/h3-12H,1-2H3,(H,25,29,33)/b20-11-. The number of rotatable bonds is 4. The van der Waals surface area contributed by atoms with Gasteiger partial charge < -0.3 is 4.57 Å². The summed E-state index contributed by atoms with van der Waals surface area (Å²) in [5.41, 5.74) is 2.73. The number of aromatic nitrogens is 1. The van der Waals surface area contributed by atoms with E-state index in [9.17, 15) is 24.1 Å². The first-order chi connectivity index (χ1) is 15.7. The number of thiocarbonyl (C=S) groups is 1. The first kappa shape index (κ1) is 22.0. The van der Waals surface area contributed by atoms with E-state index in [1.54, 1.807) is 29.7 Å². The average molecular weight is 464 g/mol. The molecule has 0 unspecified atom stereocenters. The van der Waals surface area contributed by atoms with Gasteiger partial charge in [0.2, 0.25) is 0 Å². The van der Waals surface area contributed by atoms with Crippen LogP contribution in [0.3, 0.4) is 0 Å². The number of hydrogen-bond acceptors (Lipinski definition) is 5. The minimum atomic E-state index is -0.650. The van der Waals surface area contributed by atoms with Gasteiger partial charge in [0.25, 0.3) is 17.5 Å². The highest BCUT2D eigenvalue weighted by Crippen LogP contribution is 2.27. The van der Waals surface area contributed by atoms with Crippen LogP contribution in [0.25, 0.3) is 11.8 Å². The van der Waals surface area contributed by atoms with E-state index in [0.717, 1.165) is 10.6 Å². The van der Waals surface area contributed by atoms with Crippen molar-refractivity contribution in [1.29, 1.82) is 0 Å². The second kappa shape index (κ2) is 8.40. The third-order valence-corrected chi connectivity index (χ3v) is 5.54. The summed E-state index contributed by atoms with van der Waals surface area (Å²) >= 11 is 5.15. The Morgan fingerprint density at radius 1 is 1.06 bits per heavy atom. The molecule has 166 valence electrons. The quantitative estimate of drug-likeness (QED) is 0.207. The Balaban J connectivity index is 1.76. The van der Waals surface area contributed by atoms with E-state index in [1.165, 1.54) is 42.5 Å². The zero-order valence-electron chi connectivity index (χ0n) is 17.5. The molecule has 0 atom stereocenters. The lowest BCUT2D eigenvalue weighted by molar-refractivity contribution is -0.384. The van der Waals surface area contributed by atoms with Crippen molar-refractivity contribution in [3.63, 3.8) is 0 Å². The maximum Gasteiger partial charge on any atom is 0.271 e. The predicted molar refractivity (Wildman–Crippen MR) is 125 cm³/mol. The first-order valence-corrected chi connectivity index (χ1v) is 10.2. The van der Waals surface area contributed by atoms with Crippen molar-refractivity contribution in [3.8, 4) is 5.69 Å². The van der Waals surface area contributed by atoms with Gasteiger partial charge in [-0.15, -0.1) is 0 Å². The highest BCUT2D eigenvalue weighted by atomic mass is 32.1. The Morgan fingerprint density at radius 3 is 2.42 bits per heavy atom. The molecule has 1 fully saturated rings. The summed E-state index contributed by atoms with van der Waals surface area (Å²) in [4.78, 5) is 37.6. The number of amides is 2. The lowest BCUT2D eigenvalue weighted by Crippen LogP contribution is -2.54. The second-order valence-electron chi connectivity index (χ2n) is 7.37. The maximum atomic E-state index is 13.3. The summed E-state index contributed by atoms with van der Waals surface area (Å²) in [6.45, 7) is 3.60. The summed E-state index contributed by atoms with van der Waals surface area (Å²) in [6, 6.07) is 13.1. The minimum absolute atomic E-state index is 0.0507. The third kappa shape index (κ3) is 4.03. The molecule has 8 nitrogen and oxygen atoms in total. The van der Waals surface area contributed by atoms with Crippen LogP contribution in [-0.2, 0) is 9.59 Å². The molecule has 0 saturated carbocycles. The van der Waals surface area contributed by atoms with E-state index in [4.69, 9.17) is 12.2 Å². The van der Waals surface area contributed by atoms with Gasteiger partial charge in [-0.05, 0) is 74.1 Å². The van der Waals surface area contributed by atoms with Crippen molar-refractivity contribution in [2.24, 2.45) is 0 Å². The maximum absolute atomic E-state index is 13.3. The molecule has 3 aromatic rings. The number of nitro groups is 1. The van der Waals surface area contributed by atoms with Gasteiger partial charge in [-0.2, -0.15) is 0 Å². The zero-order valence-corrected chi connectivity index (χ0v) is 18.4. The van der Waals surface area contributed by atoms with Gasteiger partial charge >= 0.3 is 0 Å². The number of non-ortho nitro benzene ring substituents is 1. The average Bonchev–Trinajstić information content (AvgIpc) is 3.05. The zero-order chi connectivity index (χ0) is 23.9. The van der Waals surface area contributed by atoms with E-state index >= 15 is 0 Å². The topological polar surface area (TPSA) is 97.5 Å². The van der Waals surface area contributed by atoms with Crippen molar-refractivity contribution in [1.82, 2.24) is 9.88 Å². The highest BCUT2D eigenvalue weighted by molar-refractivity contribution is 7.80. The molecule has 2 amide bonds. The Kier molecular flexibility index (Phi) is 5.60. The van der Waals surface area contributed by atoms with E-state index in [-0.39, 0.29) is 16.4 Å². The van der Waals surface area contributed by atoms with Crippen LogP contribution in [0.5, 0.6) is 0 Å². The molecule has 0 spiro atoms. The molecule has 1 aromatic heterocycles. The Bertz CT molecular complexity index is 1360. The number of benzene rings is 2. The minimum Gasteiger partial charge on any atom is -0.318 e. The largest absolute Gasteiger partial charge is 0.318 e. The molecule has 4 rings (SSSR count). The highest BCUT2D eigenvalue weighted by Gasteiger charge is 2.34. The van der Waals surface area contributed by atoms with Gasteiger partial charge in [-0.3, -0.25) is 29.9 Å². The molecule has 10 heteroatoms. The fraction of sp³-hybridized carbons (Fsp3) is 0.0870. The van der Waals surface area contributed by atoms with Crippen molar-refractivity contribution >= 4 is 46.6 Å². The number of nitrogens with one attached hydrogen (secondary N) is 1. The Labute approximate surface area is 193 Å². The van der Waals surface area contributed by atoms with Crippen LogP contribution in [0.1, 0.15) is 17.0 Å². The Morgan fingerprint density at radius 2 is 1.76 bits per heavy atom. The Hall–Kier alpha value is -4.18. The fourth-order valence-electron chi connectivity index (χ4n) is 3.71. The lowest BCUT2D eigenvalue weighted by Gasteiger charge is -2.28. The summed E-state index contributed by atoms with van der Waals surface area (Å²) in [7, 11) is 0. The number of halogens is 1. The third-order valence-electron chi connectivity index (χ3n) is 5.26. The summed E-state index contributed by atoms with van der Waals surface area (Å²) in [5, 5.41) is 13.5. The number of anilines is 1. The molecule has 2 heterocycles. The molecule has 1 aliphatic heterocycles. The summed E-state index contributed by atoms with van der Waals surface area (Å²) in [6.07, 6.45) is 1.45. The van der Waals surface area contributed by atoms with E-state index in [2.05, 4.69) is 5.32 Å². The van der Waals surface area contributed by atoms with E-state index in [0.29, 0.717) is 22.6 Å². The second-order valence-corrected chi connectivity index (χ2v) is 7.76. The molecule has 1 saturated heterocycles. The number of hydrogen-bond donors (Lipinski definition) is 1. The van der Waals surface area contributed by atoms with Crippen LogP contribution < -0.4 is 10.2 Å². The van der Waals surface area contributed by atoms with Crippen LogP contribution in [-0.4, -0.2) is 26.4 Å². The fourth-order valence-corrected chi connectivity index (χ4v) is 4.00. The van der Waals surface area contributed by atoms with Gasteiger partial charge in [0.05, 0.1) is 16.3 Å². The number of nitrogens with zero attached hydrogens (tertiary/aromatic N) is 3. The van der Waals surface area contributed by atoms with Gasteiger partial charge in [-0.1, -0.05) is 6.07 Å². The molecule has 2 aromatic carbocycles. The van der Waals surface area contributed by atoms with Crippen molar-refractivity contribution in [2.75, 3.05) is 4.90 Å². The van der Waals surface area contributed by atoms with Crippen molar-refractivity contribution in [3.05, 3.63) is 93.1 Å². The van der Waals surface area contributed by atoms with Gasteiger partial charge in [0, 0.05) is 23.5 Å². The van der Waals surface area contributed by atoms with Gasteiger partial charge in [0.1, 0.15) is 11.4 Å². The number of nitro benzene ring substituents is 1. The first-order valence-electron chi connectivity index (χ1n) is 9.78. The van der Waals surface area contributed by atoms with Gasteiger partial charge in [-0.25, -0.2) is 4.39 Å². The lowest BCUT2D eigenvalue weighted by atomic mass is 10.1. The molecule has 1 N–H and O–H groups in total.